The molecule has 1 unspecified atom stereocenters. The second-order valence-electron chi connectivity index (χ2n) is 3.95. The number of halogens is 1. The number of amides is 1. The topological polar surface area (TPSA) is 63.2 Å². The summed E-state index contributed by atoms with van der Waals surface area (Å²) in [5, 5.41) is 2.62. The minimum Gasteiger partial charge on any atom is -0.354 e. The minimum absolute atomic E-state index is 0.0505. The van der Waals surface area contributed by atoms with Gasteiger partial charge in [0.2, 0.25) is 5.91 Å². The zero-order chi connectivity index (χ0) is 12.5. The lowest BCUT2D eigenvalue weighted by atomic mass is 10.0. The standard InChI is InChI=1S/C11H12ClNO3S/c12-5-11(14)13-6-8-7-17(15,16)10-4-2-1-3-9(8)10/h1-4,8H,5-7H2,(H,13,14). The Hall–Kier alpha value is -1.07. The number of nitrogens with one attached hydrogen (secondary N) is 1. The van der Waals surface area contributed by atoms with Gasteiger partial charge in [0.05, 0.1) is 10.6 Å². The van der Waals surface area contributed by atoms with Gasteiger partial charge < -0.3 is 5.32 Å². The molecule has 92 valence electrons. The zero-order valence-electron chi connectivity index (χ0n) is 9.02. The van der Waals surface area contributed by atoms with Gasteiger partial charge in [-0.15, -0.1) is 11.6 Å². The Labute approximate surface area is 105 Å². The van der Waals surface area contributed by atoms with E-state index in [2.05, 4.69) is 5.32 Å². The molecule has 1 N–H and O–H groups in total. The molecule has 0 saturated heterocycles. The highest BCUT2D eigenvalue weighted by Gasteiger charge is 2.34. The fourth-order valence-corrected chi connectivity index (χ4v) is 3.98. The van der Waals surface area contributed by atoms with Crippen molar-refractivity contribution in [3.8, 4) is 0 Å². The van der Waals surface area contributed by atoms with Crippen LogP contribution in [-0.4, -0.2) is 32.5 Å². The summed E-state index contributed by atoms with van der Waals surface area (Å²) in [6.45, 7) is 0.307. The molecule has 0 spiro atoms. The number of carbonyl (C=O) groups excluding carboxylic acids is 1. The minimum atomic E-state index is -3.19. The van der Waals surface area contributed by atoms with Crippen molar-refractivity contribution in [2.24, 2.45) is 0 Å². The number of rotatable bonds is 3. The Morgan fingerprint density at radius 3 is 2.82 bits per heavy atom. The summed E-state index contributed by atoms with van der Waals surface area (Å²) in [6.07, 6.45) is 0. The summed E-state index contributed by atoms with van der Waals surface area (Å²) in [5.41, 5.74) is 0.780. The third-order valence-electron chi connectivity index (χ3n) is 2.78. The van der Waals surface area contributed by atoms with Crippen LogP contribution in [0.2, 0.25) is 0 Å². The van der Waals surface area contributed by atoms with Crippen LogP contribution in [0.5, 0.6) is 0 Å². The van der Waals surface area contributed by atoms with Crippen LogP contribution in [0.1, 0.15) is 11.5 Å². The van der Waals surface area contributed by atoms with Gasteiger partial charge in [0.15, 0.2) is 9.84 Å². The van der Waals surface area contributed by atoms with Gasteiger partial charge >= 0.3 is 0 Å². The second kappa shape index (κ2) is 4.66. The molecule has 2 rings (SSSR count). The van der Waals surface area contributed by atoms with Crippen LogP contribution < -0.4 is 5.32 Å². The Morgan fingerprint density at radius 2 is 2.12 bits per heavy atom. The molecule has 0 aliphatic carbocycles. The van der Waals surface area contributed by atoms with Crippen LogP contribution in [-0.2, 0) is 14.6 Å². The lowest BCUT2D eigenvalue weighted by molar-refractivity contribution is -0.118. The summed E-state index contributed by atoms with van der Waals surface area (Å²) < 4.78 is 23.7. The number of alkyl halides is 1. The predicted octanol–water partition coefficient (Wildman–Crippen LogP) is 0.912. The lowest BCUT2D eigenvalue weighted by Gasteiger charge is -2.10. The Morgan fingerprint density at radius 1 is 1.41 bits per heavy atom. The second-order valence-corrected chi connectivity index (χ2v) is 6.22. The van der Waals surface area contributed by atoms with Crippen molar-refractivity contribution < 1.29 is 13.2 Å². The average molecular weight is 274 g/mol. The maximum Gasteiger partial charge on any atom is 0.234 e. The Balaban J connectivity index is 2.21. The number of hydrogen-bond acceptors (Lipinski definition) is 3. The number of hydrogen-bond donors (Lipinski definition) is 1. The van der Waals surface area contributed by atoms with Gasteiger partial charge in [-0.1, -0.05) is 18.2 Å². The molecule has 1 heterocycles. The van der Waals surface area contributed by atoms with Crippen molar-refractivity contribution >= 4 is 27.3 Å². The third-order valence-corrected chi connectivity index (χ3v) is 4.91. The van der Waals surface area contributed by atoms with Crippen molar-refractivity contribution in [3.63, 3.8) is 0 Å². The number of benzene rings is 1. The number of carbonyl (C=O) groups is 1. The molecule has 0 saturated carbocycles. The van der Waals surface area contributed by atoms with E-state index in [1.165, 1.54) is 0 Å². The molecule has 0 fully saturated rings. The van der Waals surface area contributed by atoms with E-state index < -0.39 is 9.84 Å². The van der Waals surface area contributed by atoms with E-state index >= 15 is 0 Å². The number of sulfone groups is 1. The fraction of sp³-hybridized carbons (Fsp3) is 0.364. The SMILES string of the molecule is O=C(CCl)NCC1CS(=O)(=O)c2ccccc21. The third kappa shape index (κ3) is 2.45. The predicted molar refractivity (Wildman–Crippen MR) is 65.0 cm³/mol. The molecule has 1 atom stereocenters. The summed E-state index contributed by atoms with van der Waals surface area (Å²) in [7, 11) is -3.19. The molecule has 0 aromatic heterocycles. The van der Waals surface area contributed by atoms with E-state index in [9.17, 15) is 13.2 Å². The van der Waals surface area contributed by atoms with Crippen LogP contribution in [0.25, 0.3) is 0 Å². The van der Waals surface area contributed by atoms with Gasteiger partial charge in [0, 0.05) is 12.5 Å². The summed E-state index contributed by atoms with van der Waals surface area (Å²) in [6, 6.07) is 6.90. The molecule has 6 heteroatoms. The first-order valence-corrected chi connectivity index (χ1v) is 7.37. The fourth-order valence-electron chi connectivity index (χ4n) is 2.00. The first-order chi connectivity index (χ1) is 8.04. The van der Waals surface area contributed by atoms with Crippen molar-refractivity contribution in [1.29, 1.82) is 0 Å². The van der Waals surface area contributed by atoms with Crippen LogP contribution in [0.4, 0.5) is 0 Å². The largest absolute Gasteiger partial charge is 0.354 e. The highest BCUT2D eigenvalue weighted by atomic mass is 35.5. The highest BCUT2D eigenvalue weighted by molar-refractivity contribution is 7.91. The van der Waals surface area contributed by atoms with E-state index in [-0.39, 0.29) is 23.5 Å². The lowest BCUT2D eigenvalue weighted by Crippen LogP contribution is -2.29. The molecule has 4 nitrogen and oxygen atoms in total. The van der Waals surface area contributed by atoms with Crippen molar-refractivity contribution in [2.45, 2.75) is 10.8 Å². The molecule has 1 aromatic rings. The quantitative estimate of drug-likeness (QED) is 0.833. The monoisotopic (exact) mass is 273 g/mol. The van der Waals surface area contributed by atoms with E-state index in [0.717, 1.165) is 5.56 Å². The van der Waals surface area contributed by atoms with Crippen LogP contribution in [0, 0.1) is 0 Å². The maximum atomic E-state index is 11.8. The van der Waals surface area contributed by atoms with Gasteiger partial charge in [-0.2, -0.15) is 0 Å². The summed E-state index contributed by atoms with van der Waals surface area (Å²) in [4.78, 5) is 11.4. The normalized spacial score (nSPS) is 20.9. The molecule has 1 amide bonds. The van der Waals surface area contributed by atoms with E-state index in [1.54, 1.807) is 24.3 Å². The highest BCUT2D eigenvalue weighted by Crippen LogP contribution is 2.34. The van der Waals surface area contributed by atoms with Crippen molar-refractivity contribution in [3.05, 3.63) is 29.8 Å². The molecule has 1 aliphatic rings. The molecular formula is C11H12ClNO3S. The molecule has 1 aliphatic heterocycles. The first-order valence-electron chi connectivity index (χ1n) is 5.19. The summed E-state index contributed by atoms with van der Waals surface area (Å²) in [5.74, 6) is -0.521. The molecule has 1 aromatic carbocycles. The Kier molecular flexibility index (Phi) is 3.40. The smallest absolute Gasteiger partial charge is 0.234 e. The molecular weight excluding hydrogens is 262 g/mol. The molecule has 0 bridgehead atoms. The van der Waals surface area contributed by atoms with Crippen LogP contribution in [0.3, 0.4) is 0 Å². The van der Waals surface area contributed by atoms with E-state index in [0.29, 0.717) is 11.4 Å². The van der Waals surface area contributed by atoms with Gasteiger partial charge in [0.25, 0.3) is 0 Å². The van der Waals surface area contributed by atoms with Gasteiger partial charge in [-0.3, -0.25) is 4.79 Å². The van der Waals surface area contributed by atoms with Gasteiger partial charge in [0.1, 0.15) is 5.88 Å². The van der Waals surface area contributed by atoms with Gasteiger partial charge in [-0.05, 0) is 11.6 Å². The molecule has 17 heavy (non-hydrogen) atoms. The van der Waals surface area contributed by atoms with Crippen molar-refractivity contribution in [1.82, 2.24) is 5.32 Å². The molecule has 0 radical (unpaired) electrons. The first kappa shape index (κ1) is 12.4. The maximum absolute atomic E-state index is 11.8. The van der Waals surface area contributed by atoms with Crippen LogP contribution in [0.15, 0.2) is 29.2 Å². The summed E-state index contributed by atoms with van der Waals surface area (Å²) >= 11 is 5.36. The van der Waals surface area contributed by atoms with E-state index in [1.807, 2.05) is 0 Å². The Bertz CT molecular complexity index is 541. The van der Waals surface area contributed by atoms with Crippen LogP contribution >= 0.6 is 11.6 Å². The average Bonchev–Trinajstić information content (AvgIpc) is 2.59. The van der Waals surface area contributed by atoms with Gasteiger partial charge in [-0.25, -0.2) is 8.42 Å². The number of fused-ring (bicyclic) bond motifs is 1. The zero-order valence-corrected chi connectivity index (χ0v) is 10.6. The van der Waals surface area contributed by atoms with Crippen molar-refractivity contribution in [2.75, 3.05) is 18.2 Å². The van der Waals surface area contributed by atoms with E-state index in [4.69, 9.17) is 11.6 Å².